The Kier molecular flexibility index (Phi) is 5.51. The lowest BCUT2D eigenvalue weighted by atomic mass is 10.1. The van der Waals surface area contributed by atoms with E-state index in [2.05, 4.69) is 10.3 Å². The molecule has 2 rings (SSSR count). The van der Waals surface area contributed by atoms with E-state index in [0.29, 0.717) is 5.02 Å². The Morgan fingerprint density at radius 3 is 2.67 bits per heavy atom. The fourth-order valence-corrected chi connectivity index (χ4v) is 2.37. The van der Waals surface area contributed by atoms with Crippen LogP contribution in [0.4, 0.5) is 0 Å². The van der Waals surface area contributed by atoms with Crippen molar-refractivity contribution in [2.24, 2.45) is 0 Å². The number of hydrogen-bond donors (Lipinski definition) is 3. The Morgan fingerprint density at radius 2 is 2.04 bits per heavy atom. The van der Waals surface area contributed by atoms with Crippen LogP contribution >= 0.6 is 11.6 Å². The minimum Gasteiger partial charge on any atom is -0.480 e. The number of ether oxygens (including phenoxy) is 1. The van der Waals surface area contributed by atoms with Gasteiger partial charge < -0.3 is 20.1 Å². The van der Waals surface area contributed by atoms with Crippen LogP contribution in [0.3, 0.4) is 0 Å². The van der Waals surface area contributed by atoms with Gasteiger partial charge in [-0.05, 0) is 39.0 Å². The number of benzene rings is 1. The molecule has 0 bridgehead atoms. The first-order valence-corrected chi connectivity index (χ1v) is 7.99. The van der Waals surface area contributed by atoms with Crippen LogP contribution in [0, 0.1) is 0 Å². The van der Waals surface area contributed by atoms with Crippen LogP contribution in [0.2, 0.25) is 5.02 Å². The molecule has 3 N–H and O–H groups in total. The molecular weight excluding hydrogens is 332 g/mol. The average molecular weight is 353 g/mol. The maximum Gasteiger partial charge on any atom is 0.326 e. The fraction of sp³-hybridized carbons (Fsp3) is 0.412. The molecule has 2 aromatic rings. The number of carboxylic acids is 1. The number of H-pyrrole nitrogens is 1. The molecule has 1 unspecified atom stereocenters. The first kappa shape index (κ1) is 18.3. The van der Waals surface area contributed by atoms with Crippen molar-refractivity contribution >= 4 is 34.4 Å². The van der Waals surface area contributed by atoms with Gasteiger partial charge in [-0.15, -0.1) is 0 Å². The first-order chi connectivity index (χ1) is 11.2. The highest BCUT2D eigenvalue weighted by Gasteiger charge is 2.22. The van der Waals surface area contributed by atoms with Crippen molar-refractivity contribution in [3.63, 3.8) is 0 Å². The van der Waals surface area contributed by atoms with Crippen LogP contribution in [0.15, 0.2) is 24.3 Å². The van der Waals surface area contributed by atoms with Gasteiger partial charge in [0.25, 0.3) is 5.91 Å². The van der Waals surface area contributed by atoms with Gasteiger partial charge in [0.1, 0.15) is 11.7 Å². The summed E-state index contributed by atoms with van der Waals surface area (Å²) in [6.07, 6.45) is 0.185. The van der Waals surface area contributed by atoms with Gasteiger partial charge in [0.15, 0.2) is 0 Å². The molecule has 1 aromatic carbocycles. The lowest BCUT2D eigenvalue weighted by molar-refractivity contribution is -0.140. The summed E-state index contributed by atoms with van der Waals surface area (Å²) in [4.78, 5) is 26.6. The molecule has 1 atom stereocenters. The van der Waals surface area contributed by atoms with Crippen molar-refractivity contribution in [2.45, 2.75) is 38.8 Å². The number of halogens is 1. The molecule has 1 aromatic heterocycles. The third-order valence-electron chi connectivity index (χ3n) is 3.37. The van der Waals surface area contributed by atoms with E-state index in [1.54, 1.807) is 24.3 Å². The van der Waals surface area contributed by atoms with Gasteiger partial charge in [0, 0.05) is 29.0 Å². The lowest BCUT2D eigenvalue weighted by Gasteiger charge is -2.21. The maximum absolute atomic E-state index is 12.3. The second-order valence-electron chi connectivity index (χ2n) is 6.53. The van der Waals surface area contributed by atoms with E-state index in [1.165, 1.54) is 0 Å². The molecule has 0 radical (unpaired) electrons. The van der Waals surface area contributed by atoms with Crippen molar-refractivity contribution in [3.8, 4) is 0 Å². The molecule has 24 heavy (non-hydrogen) atoms. The molecule has 130 valence electrons. The highest BCUT2D eigenvalue weighted by atomic mass is 35.5. The van der Waals surface area contributed by atoms with Gasteiger partial charge in [-0.25, -0.2) is 4.79 Å². The summed E-state index contributed by atoms with van der Waals surface area (Å²) in [6.45, 7) is 5.90. The zero-order valence-corrected chi connectivity index (χ0v) is 14.6. The number of rotatable bonds is 6. The van der Waals surface area contributed by atoms with Crippen LogP contribution in [0.5, 0.6) is 0 Å². The van der Waals surface area contributed by atoms with E-state index in [9.17, 15) is 14.7 Å². The van der Waals surface area contributed by atoms with Crippen LogP contribution in [0.1, 0.15) is 37.7 Å². The second-order valence-corrected chi connectivity index (χ2v) is 6.96. The summed E-state index contributed by atoms with van der Waals surface area (Å²) in [5.41, 5.74) is 0.648. The number of amides is 1. The van der Waals surface area contributed by atoms with E-state index >= 15 is 0 Å². The van der Waals surface area contributed by atoms with Gasteiger partial charge in [-0.3, -0.25) is 4.79 Å². The highest BCUT2D eigenvalue weighted by Crippen LogP contribution is 2.20. The normalized spacial score (nSPS) is 13.0. The Labute approximate surface area is 145 Å². The van der Waals surface area contributed by atoms with Gasteiger partial charge >= 0.3 is 5.97 Å². The summed E-state index contributed by atoms with van der Waals surface area (Å²) >= 11 is 5.92. The molecule has 0 saturated carbocycles. The third-order valence-corrected chi connectivity index (χ3v) is 3.61. The van der Waals surface area contributed by atoms with Crippen molar-refractivity contribution in [1.29, 1.82) is 0 Å². The average Bonchev–Trinajstić information content (AvgIpc) is 2.87. The summed E-state index contributed by atoms with van der Waals surface area (Å²) in [5, 5.41) is 13.2. The monoisotopic (exact) mass is 352 g/mol. The number of aromatic amines is 1. The highest BCUT2D eigenvalue weighted by molar-refractivity contribution is 6.31. The Hall–Kier alpha value is -2.05. The van der Waals surface area contributed by atoms with E-state index in [4.69, 9.17) is 16.3 Å². The Morgan fingerprint density at radius 1 is 1.33 bits per heavy atom. The Bertz CT molecular complexity index is 749. The molecular formula is C17H21ClN2O4. The molecule has 0 spiro atoms. The summed E-state index contributed by atoms with van der Waals surface area (Å²) in [6, 6.07) is 5.86. The molecule has 6 nitrogen and oxygen atoms in total. The van der Waals surface area contributed by atoms with Crippen molar-refractivity contribution in [1.82, 2.24) is 10.3 Å². The zero-order chi connectivity index (χ0) is 17.9. The number of hydrogen-bond acceptors (Lipinski definition) is 3. The predicted octanol–water partition coefficient (Wildman–Crippen LogP) is 3.21. The van der Waals surface area contributed by atoms with Gasteiger partial charge in [-0.1, -0.05) is 17.7 Å². The molecule has 0 saturated heterocycles. The number of aromatic nitrogens is 1. The van der Waals surface area contributed by atoms with E-state index in [1.807, 2.05) is 20.8 Å². The van der Waals surface area contributed by atoms with Crippen molar-refractivity contribution < 1.29 is 19.4 Å². The van der Waals surface area contributed by atoms with E-state index < -0.39 is 17.9 Å². The van der Waals surface area contributed by atoms with Crippen LogP contribution < -0.4 is 5.32 Å². The Balaban J connectivity index is 2.04. The van der Waals surface area contributed by atoms with E-state index in [0.717, 1.165) is 10.9 Å². The quantitative estimate of drug-likeness (QED) is 0.744. The van der Waals surface area contributed by atoms with Crippen molar-refractivity contribution in [2.75, 3.05) is 6.61 Å². The van der Waals surface area contributed by atoms with Gasteiger partial charge in [-0.2, -0.15) is 0 Å². The zero-order valence-electron chi connectivity index (χ0n) is 13.9. The summed E-state index contributed by atoms with van der Waals surface area (Å²) in [7, 11) is 0. The van der Waals surface area contributed by atoms with Crippen LogP contribution in [-0.4, -0.2) is 40.2 Å². The van der Waals surface area contributed by atoms with Crippen molar-refractivity contribution in [3.05, 3.63) is 35.0 Å². The van der Waals surface area contributed by atoms with Gasteiger partial charge in [0.05, 0.1) is 5.60 Å². The maximum atomic E-state index is 12.3. The van der Waals surface area contributed by atoms with Gasteiger partial charge in [0.2, 0.25) is 0 Å². The lowest BCUT2D eigenvalue weighted by Crippen LogP contribution is -2.42. The number of carbonyl (C=O) groups is 2. The SMILES string of the molecule is CC(C)(C)OCCC(NC(=O)c1cc2ccc(Cl)cc2[nH]1)C(=O)O. The van der Waals surface area contributed by atoms with E-state index in [-0.39, 0.29) is 24.3 Å². The van der Waals surface area contributed by atoms with Crippen LogP contribution in [-0.2, 0) is 9.53 Å². The first-order valence-electron chi connectivity index (χ1n) is 7.61. The molecule has 0 fully saturated rings. The number of nitrogens with one attached hydrogen (secondary N) is 2. The summed E-state index contributed by atoms with van der Waals surface area (Å²) < 4.78 is 5.52. The molecule has 0 aliphatic rings. The molecule has 0 aliphatic carbocycles. The molecule has 7 heteroatoms. The minimum absolute atomic E-state index is 0.185. The number of carbonyl (C=O) groups excluding carboxylic acids is 1. The fourth-order valence-electron chi connectivity index (χ4n) is 2.20. The number of carboxylic acid groups (broad SMARTS) is 1. The standard InChI is InChI=1S/C17H21ClN2O4/c1-17(2,3)24-7-6-12(16(22)23)20-15(21)14-8-10-4-5-11(18)9-13(10)19-14/h4-5,8-9,12,19H,6-7H2,1-3H3,(H,20,21)(H,22,23). The molecule has 1 heterocycles. The van der Waals surface area contributed by atoms with Crippen LogP contribution in [0.25, 0.3) is 10.9 Å². The number of fused-ring (bicyclic) bond motifs is 1. The third kappa shape index (κ3) is 4.97. The summed E-state index contributed by atoms with van der Waals surface area (Å²) in [5.74, 6) is -1.58. The number of aliphatic carboxylic acids is 1. The second kappa shape index (κ2) is 7.23. The minimum atomic E-state index is -1.10. The molecule has 1 amide bonds. The molecule has 0 aliphatic heterocycles. The topological polar surface area (TPSA) is 91.4 Å². The largest absolute Gasteiger partial charge is 0.480 e. The smallest absolute Gasteiger partial charge is 0.326 e. The predicted molar refractivity (Wildman–Crippen MR) is 92.5 cm³/mol.